The monoisotopic (exact) mass is 576 g/mol. The lowest BCUT2D eigenvalue weighted by molar-refractivity contribution is -0.141. The van der Waals surface area contributed by atoms with Crippen LogP contribution in [0.3, 0.4) is 0 Å². The number of nitrogens with zero attached hydrogens (tertiary/aromatic N) is 2. The van der Waals surface area contributed by atoms with Crippen molar-refractivity contribution in [3.63, 3.8) is 0 Å². The smallest absolute Gasteiger partial charge is 0.326 e. The number of fused-ring (bicyclic) bond motifs is 1. The lowest BCUT2D eigenvalue weighted by Crippen LogP contribution is -2.35. The number of esters is 2. The Kier molecular flexibility index (Phi) is 10.1. The summed E-state index contributed by atoms with van der Waals surface area (Å²) < 4.78 is 31.9. The highest BCUT2D eigenvalue weighted by atomic mass is 32.2. The zero-order valence-electron chi connectivity index (χ0n) is 23.5. The van der Waals surface area contributed by atoms with Gasteiger partial charge in [0, 0.05) is 39.5 Å². The van der Waals surface area contributed by atoms with Crippen LogP contribution in [0.1, 0.15) is 18.9 Å². The molecule has 4 aromatic rings. The number of hydrogen-bond acceptors (Lipinski definition) is 8. The third-order valence-electron chi connectivity index (χ3n) is 6.75. The van der Waals surface area contributed by atoms with E-state index in [1.807, 2.05) is 76.8 Å². The quantitative estimate of drug-likeness (QED) is 0.138. The molecule has 0 saturated carbocycles. The first-order chi connectivity index (χ1) is 19.8. The number of methoxy groups -OCH3 is 3. The number of anilines is 2. The van der Waals surface area contributed by atoms with Crippen molar-refractivity contribution in [2.24, 2.45) is 0 Å². The predicted molar refractivity (Wildman–Crippen MR) is 161 cm³/mol. The maximum Gasteiger partial charge on any atom is 0.326 e. The summed E-state index contributed by atoms with van der Waals surface area (Å²) >= 11 is 1.41. The molecule has 0 aromatic heterocycles. The first-order valence-electron chi connectivity index (χ1n) is 13.1. The molecular formula is C32H33FN2O5S. The average Bonchev–Trinajstić information content (AvgIpc) is 3.00. The second-order valence-corrected chi connectivity index (χ2v) is 10.5. The first-order valence-corrected chi connectivity index (χ1v) is 13.9. The molecule has 4 aromatic carbocycles. The highest BCUT2D eigenvalue weighted by Gasteiger charge is 2.24. The molecular weight excluding hydrogens is 543 g/mol. The molecule has 41 heavy (non-hydrogen) atoms. The Labute approximate surface area is 243 Å². The normalized spacial score (nSPS) is 11.5. The minimum atomic E-state index is -0.382. The van der Waals surface area contributed by atoms with Crippen molar-refractivity contribution < 1.29 is 28.2 Å². The van der Waals surface area contributed by atoms with Gasteiger partial charge in [0.1, 0.15) is 18.1 Å². The van der Waals surface area contributed by atoms with E-state index in [0.29, 0.717) is 5.56 Å². The van der Waals surface area contributed by atoms with Crippen molar-refractivity contribution in [1.29, 1.82) is 0 Å². The Morgan fingerprint density at radius 1 is 0.805 bits per heavy atom. The van der Waals surface area contributed by atoms with Gasteiger partial charge in [0.15, 0.2) is 0 Å². The number of carbonyl (C=O) groups is 2. The zero-order chi connectivity index (χ0) is 29.4. The van der Waals surface area contributed by atoms with E-state index in [-0.39, 0.29) is 43.3 Å². The third-order valence-corrected chi connectivity index (χ3v) is 7.78. The standard InChI is InChI=1S/C32H33FN2O5S/c1-22(19-31(36)39-3)34(20-23-9-5-8-12-28(23)33)29-17-18-30(27-11-7-6-10-26(27)29)35(21-32(37)40-4)41-25-15-13-24(38-2)14-16-25/h5-18,22H,19-21H2,1-4H3/t22-/m0/s1. The van der Waals surface area contributed by atoms with E-state index in [1.165, 1.54) is 32.2 Å². The molecule has 0 fully saturated rings. The number of hydrogen-bond donors (Lipinski definition) is 0. The Bertz CT molecular complexity index is 1500. The second kappa shape index (κ2) is 13.9. The molecule has 0 heterocycles. The molecule has 0 unspecified atom stereocenters. The van der Waals surface area contributed by atoms with Crippen LogP contribution in [0.4, 0.5) is 15.8 Å². The zero-order valence-corrected chi connectivity index (χ0v) is 24.3. The largest absolute Gasteiger partial charge is 0.497 e. The van der Waals surface area contributed by atoms with Gasteiger partial charge in [0.25, 0.3) is 0 Å². The summed E-state index contributed by atoms with van der Waals surface area (Å²) in [7, 11) is 4.33. The van der Waals surface area contributed by atoms with Gasteiger partial charge >= 0.3 is 11.9 Å². The molecule has 0 amide bonds. The lowest BCUT2D eigenvalue weighted by Gasteiger charge is -2.33. The molecule has 9 heteroatoms. The minimum Gasteiger partial charge on any atom is -0.497 e. The molecule has 0 N–H and O–H groups in total. The topological polar surface area (TPSA) is 68.3 Å². The van der Waals surface area contributed by atoms with Crippen molar-refractivity contribution in [2.45, 2.75) is 30.8 Å². The summed E-state index contributed by atoms with van der Waals surface area (Å²) in [4.78, 5) is 27.6. The third kappa shape index (κ3) is 7.29. The summed E-state index contributed by atoms with van der Waals surface area (Å²) in [6, 6.07) is 25.6. The number of ether oxygens (including phenoxy) is 3. The number of halogens is 1. The van der Waals surface area contributed by atoms with E-state index in [1.54, 1.807) is 25.3 Å². The molecule has 0 aliphatic heterocycles. The van der Waals surface area contributed by atoms with Gasteiger partial charge in [-0.3, -0.25) is 9.59 Å². The molecule has 214 valence electrons. The number of benzene rings is 4. The van der Waals surface area contributed by atoms with Gasteiger partial charge in [-0.1, -0.05) is 42.5 Å². The fourth-order valence-electron chi connectivity index (χ4n) is 4.57. The summed E-state index contributed by atoms with van der Waals surface area (Å²) in [5.74, 6) is -0.312. The fourth-order valence-corrected chi connectivity index (χ4v) is 5.51. The van der Waals surface area contributed by atoms with Crippen molar-refractivity contribution in [1.82, 2.24) is 0 Å². The Morgan fingerprint density at radius 3 is 2.05 bits per heavy atom. The van der Waals surface area contributed by atoms with Crippen molar-refractivity contribution in [3.8, 4) is 5.75 Å². The van der Waals surface area contributed by atoms with Crippen molar-refractivity contribution in [3.05, 3.63) is 96.3 Å². The van der Waals surface area contributed by atoms with Crippen LogP contribution in [0.25, 0.3) is 10.8 Å². The summed E-state index contributed by atoms with van der Waals surface area (Å²) in [6.07, 6.45) is 0.128. The molecule has 0 bridgehead atoms. The molecule has 0 aliphatic carbocycles. The van der Waals surface area contributed by atoms with E-state index >= 15 is 0 Å². The maximum atomic E-state index is 14.8. The van der Waals surface area contributed by atoms with E-state index < -0.39 is 0 Å². The van der Waals surface area contributed by atoms with Gasteiger partial charge in [-0.15, -0.1) is 0 Å². The Hall–Kier alpha value is -4.24. The van der Waals surface area contributed by atoms with E-state index in [0.717, 1.165) is 32.8 Å². The molecule has 0 radical (unpaired) electrons. The van der Waals surface area contributed by atoms with Crippen LogP contribution in [-0.4, -0.2) is 45.9 Å². The minimum absolute atomic E-state index is 0.00816. The van der Waals surface area contributed by atoms with Crippen LogP contribution in [0.5, 0.6) is 5.75 Å². The SMILES string of the molecule is COC(=O)C[C@H](C)N(Cc1ccccc1F)c1ccc(N(CC(=O)OC)Sc2ccc(OC)cc2)c2ccccc12. The highest BCUT2D eigenvalue weighted by Crippen LogP contribution is 2.40. The van der Waals surface area contributed by atoms with E-state index in [2.05, 4.69) is 0 Å². The van der Waals surface area contributed by atoms with Crippen LogP contribution < -0.4 is 13.9 Å². The number of rotatable bonds is 12. The van der Waals surface area contributed by atoms with Crippen LogP contribution in [0.2, 0.25) is 0 Å². The van der Waals surface area contributed by atoms with Crippen LogP contribution >= 0.6 is 11.9 Å². The van der Waals surface area contributed by atoms with Crippen LogP contribution in [0, 0.1) is 5.82 Å². The average molecular weight is 577 g/mol. The van der Waals surface area contributed by atoms with Crippen molar-refractivity contribution in [2.75, 3.05) is 37.1 Å². The maximum absolute atomic E-state index is 14.8. The molecule has 7 nitrogen and oxygen atoms in total. The van der Waals surface area contributed by atoms with Crippen LogP contribution in [0.15, 0.2) is 89.8 Å². The second-order valence-electron chi connectivity index (χ2n) is 9.38. The lowest BCUT2D eigenvalue weighted by atomic mass is 10.0. The van der Waals surface area contributed by atoms with Gasteiger partial charge in [-0.05, 0) is 61.3 Å². The fraction of sp³-hybridized carbons (Fsp3) is 0.250. The summed E-state index contributed by atoms with van der Waals surface area (Å²) in [5, 5.41) is 1.78. The van der Waals surface area contributed by atoms with Gasteiger partial charge in [0.2, 0.25) is 0 Å². The Morgan fingerprint density at radius 2 is 1.41 bits per heavy atom. The van der Waals surface area contributed by atoms with Crippen molar-refractivity contribution >= 4 is 46.0 Å². The van der Waals surface area contributed by atoms with Gasteiger partial charge in [-0.25, -0.2) is 4.39 Å². The molecule has 1 atom stereocenters. The first kappa shape index (κ1) is 29.7. The van der Waals surface area contributed by atoms with E-state index in [9.17, 15) is 14.0 Å². The van der Waals surface area contributed by atoms with Gasteiger partial charge < -0.3 is 23.4 Å². The van der Waals surface area contributed by atoms with Gasteiger partial charge in [-0.2, -0.15) is 0 Å². The van der Waals surface area contributed by atoms with Crippen LogP contribution in [-0.2, 0) is 25.6 Å². The van der Waals surface area contributed by atoms with Gasteiger partial charge in [0.05, 0.1) is 33.4 Å². The van der Waals surface area contributed by atoms with E-state index in [4.69, 9.17) is 14.2 Å². The highest BCUT2D eigenvalue weighted by molar-refractivity contribution is 8.00. The molecule has 0 spiro atoms. The summed E-state index contributed by atoms with van der Waals surface area (Å²) in [6.45, 7) is 2.18. The Balaban J connectivity index is 1.80. The summed E-state index contributed by atoms with van der Waals surface area (Å²) in [5.41, 5.74) is 2.15. The molecule has 0 saturated heterocycles. The molecule has 0 aliphatic rings. The predicted octanol–water partition coefficient (Wildman–Crippen LogP) is 6.63. The molecule has 4 rings (SSSR count). The number of carbonyl (C=O) groups excluding carboxylic acids is 2.